The number of rotatable bonds is 5. The van der Waals surface area contributed by atoms with Crippen molar-refractivity contribution in [2.45, 2.75) is 32.5 Å². The third kappa shape index (κ3) is 3.04. The molecule has 0 saturated carbocycles. The van der Waals surface area contributed by atoms with Crippen LogP contribution in [0.4, 0.5) is 0 Å². The largest absolute Gasteiger partial charge is 0.283 e. The zero-order valence-corrected chi connectivity index (χ0v) is 14.0. The Labute approximate surface area is 132 Å². The SMILES string of the molecule is C=CCn1c(SC[C@H](C)C#N)nc2sc(C)c(C)c2c1=O. The lowest BCUT2D eigenvalue weighted by molar-refractivity contribution is 0.671. The van der Waals surface area contributed by atoms with E-state index in [0.29, 0.717) is 22.8 Å². The van der Waals surface area contributed by atoms with Gasteiger partial charge in [-0.15, -0.1) is 17.9 Å². The molecule has 0 aliphatic rings. The summed E-state index contributed by atoms with van der Waals surface area (Å²) in [5, 5.41) is 10.3. The summed E-state index contributed by atoms with van der Waals surface area (Å²) in [4.78, 5) is 19.2. The Kier molecular flexibility index (Phi) is 4.86. The summed E-state index contributed by atoms with van der Waals surface area (Å²) in [6.45, 7) is 9.96. The van der Waals surface area contributed by atoms with Gasteiger partial charge in [0.2, 0.25) is 0 Å². The number of aryl methyl sites for hydroxylation is 2. The van der Waals surface area contributed by atoms with Gasteiger partial charge in [0.25, 0.3) is 5.56 Å². The van der Waals surface area contributed by atoms with Crippen molar-refractivity contribution in [2.75, 3.05) is 5.75 Å². The van der Waals surface area contributed by atoms with Crippen molar-refractivity contribution in [3.05, 3.63) is 33.4 Å². The minimum Gasteiger partial charge on any atom is -0.283 e. The van der Waals surface area contributed by atoms with E-state index in [1.54, 1.807) is 22.0 Å². The lowest BCUT2D eigenvalue weighted by Crippen LogP contribution is -2.23. The van der Waals surface area contributed by atoms with Crippen LogP contribution in [0.1, 0.15) is 17.4 Å². The second-order valence-electron chi connectivity index (χ2n) is 4.90. The maximum atomic E-state index is 12.7. The first-order chi connectivity index (χ1) is 9.99. The molecule has 2 aromatic heterocycles. The minimum absolute atomic E-state index is 0.0196. The van der Waals surface area contributed by atoms with Crippen molar-refractivity contribution in [2.24, 2.45) is 5.92 Å². The predicted molar refractivity (Wildman–Crippen MR) is 89.1 cm³/mol. The average molecular weight is 319 g/mol. The molecule has 1 atom stereocenters. The van der Waals surface area contributed by atoms with Crippen LogP contribution < -0.4 is 5.56 Å². The monoisotopic (exact) mass is 319 g/mol. The highest BCUT2D eigenvalue weighted by Gasteiger charge is 2.16. The first-order valence-electron chi connectivity index (χ1n) is 6.63. The first-order valence-corrected chi connectivity index (χ1v) is 8.43. The quantitative estimate of drug-likeness (QED) is 0.481. The van der Waals surface area contributed by atoms with Gasteiger partial charge in [0, 0.05) is 17.2 Å². The second-order valence-corrected chi connectivity index (χ2v) is 7.09. The predicted octanol–water partition coefficient (Wildman–Crippen LogP) is 3.51. The smallest absolute Gasteiger partial charge is 0.263 e. The second kappa shape index (κ2) is 6.46. The zero-order chi connectivity index (χ0) is 15.6. The molecule has 21 heavy (non-hydrogen) atoms. The molecule has 0 aromatic carbocycles. The number of thiophene rings is 1. The average Bonchev–Trinajstić information content (AvgIpc) is 2.75. The lowest BCUT2D eigenvalue weighted by Gasteiger charge is -2.10. The maximum Gasteiger partial charge on any atom is 0.263 e. The van der Waals surface area contributed by atoms with E-state index in [2.05, 4.69) is 17.6 Å². The molecule has 0 fully saturated rings. The van der Waals surface area contributed by atoms with Gasteiger partial charge in [-0.3, -0.25) is 9.36 Å². The highest BCUT2D eigenvalue weighted by Crippen LogP contribution is 2.28. The van der Waals surface area contributed by atoms with Crippen LogP contribution in [-0.2, 0) is 6.54 Å². The first kappa shape index (κ1) is 15.8. The molecule has 2 heterocycles. The Balaban J connectivity index is 2.58. The Bertz CT molecular complexity index is 783. The summed E-state index contributed by atoms with van der Waals surface area (Å²) >= 11 is 3.00. The molecule has 110 valence electrons. The van der Waals surface area contributed by atoms with Gasteiger partial charge >= 0.3 is 0 Å². The minimum atomic E-state index is -0.0772. The van der Waals surface area contributed by atoms with Crippen LogP contribution in [0.25, 0.3) is 10.2 Å². The van der Waals surface area contributed by atoms with Crippen LogP contribution in [0.15, 0.2) is 22.6 Å². The molecule has 0 saturated heterocycles. The summed E-state index contributed by atoms with van der Waals surface area (Å²) in [5.41, 5.74) is 0.987. The Morgan fingerprint density at radius 1 is 1.57 bits per heavy atom. The standard InChI is InChI=1S/C15H17N3OS2/c1-5-6-18-14(19)12-10(3)11(4)21-13(12)17-15(18)20-8-9(2)7-16/h5,9H,1,6,8H2,2-4H3/t9-/m1/s1. The molecule has 0 spiro atoms. The zero-order valence-electron chi connectivity index (χ0n) is 12.3. The summed E-state index contributed by atoms with van der Waals surface area (Å²) in [5.74, 6) is 0.543. The van der Waals surface area contributed by atoms with Crippen LogP contribution in [-0.4, -0.2) is 15.3 Å². The van der Waals surface area contributed by atoms with Crippen molar-refractivity contribution >= 4 is 33.3 Å². The Morgan fingerprint density at radius 2 is 2.29 bits per heavy atom. The normalized spacial score (nSPS) is 12.3. The molecule has 6 heteroatoms. The Morgan fingerprint density at radius 3 is 2.90 bits per heavy atom. The van der Waals surface area contributed by atoms with Gasteiger partial charge in [0.15, 0.2) is 5.16 Å². The van der Waals surface area contributed by atoms with Crippen LogP contribution in [0, 0.1) is 31.1 Å². The molecular weight excluding hydrogens is 302 g/mol. The number of hydrogen-bond donors (Lipinski definition) is 0. The number of thioether (sulfide) groups is 1. The van der Waals surface area contributed by atoms with Crippen LogP contribution >= 0.6 is 23.1 Å². The Hall–Kier alpha value is -1.58. The fourth-order valence-electron chi connectivity index (χ4n) is 1.95. The molecule has 0 N–H and O–H groups in total. The van der Waals surface area contributed by atoms with Crippen LogP contribution in [0.2, 0.25) is 0 Å². The molecule has 0 unspecified atom stereocenters. The molecule has 2 aromatic rings. The van der Waals surface area contributed by atoms with E-state index in [1.807, 2.05) is 20.8 Å². The fraction of sp³-hybridized carbons (Fsp3) is 0.400. The molecule has 4 nitrogen and oxygen atoms in total. The van der Waals surface area contributed by atoms with E-state index in [-0.39, 0.29) is 11.5 Å². The van der Waals surface area contributed by atoms with Crippen molar-refractivity contribution in [3.63, 3.8) is 0 Å². The summed E-state index contributed by atoms with van der Waals surface area (Å²) < 4.78 is 1.64. The van der Waals surface area contributed by atoms with E-state index >= 15 is 0 Å². The highest BCUT2D eigenvalue weighted by atomic mass is 32.2. The number of nitrogens with zero attached hydrogens (tertiary/aromatic N) is 3. The van der Waals surface area contributed by atoms with Crippen molar-refractivity contribution in [3.8, 4) is 6.07 Å². The molecule has 0 aliphatic carbocycles. The summed E-state index contributed by atoms with van der Waals surface area (Å²) in [6, 6.07) is 2.20. The van der Waals surface area contributed by atoms with Crippen molar-refractivity contribution < 1.29 is 0 Å². The number of nitriles is 1. The third-order valence-electron chi connectivity index (χ3n) is 3.25. The van der Waals surface area contributed by atoms with E-state index in [1.165, 1.54) is 11.8 Å². The molecule has 0 radical (unpaired) electrons. The molecular formula is C15H17N3OS2. The number of fused-ring (bicyclic) bond motifs is 1. The highest BCUT2D eigenvalue weighted by molar-refractivity contribution is 7.99. The van der Waals surface area contributed by atoms with Gasteiger partial charge in [-0.05, 0) is 26.3 Å². The van der Waals surface area contributed by atoms with Crippen LogP contribution in [0.5, 0.6) is 0 Å². The summed E-state index contributed by atoms with van der Waals surface area (Å²) in [7, 11) is 0. The van der Waals surface area contributed by atoms with E-state index in [9.17, 15) is 4.79 Å². The molecule has 2 rings (SSSR count). The fourth-order valence-corrected chi connectivity index (χ4v) is 3.97. The van der Waals surface area contributed by atoms with Gasteiger partial charge in [0.1, 0.15) is 4.83 Å². The van der Waals surface area contributed by atoms with Crippen molar-refractivity contribution in [1.82, 2.24) is 9.55 Å². The lowest BCUT2D eigenvalue weighted by atomic mass is 10.2. The van der Waals surface area contributed by atoms with Gasteiger partial charge in [0.05, 0.1) is 17.4 Å². The van der Waals surface area contributed by atoms with Crippen molar-refractivity contribution in [1.29, 1.82) is 5.26 Å². The van der Waals surface area contributed by atoms with Gasteiger partial charge in [-0.25, -0.2) is 4.98 Å². The number of allylic oxidation sites excluding steroid dienone is 1. The van der Waals surface area contributed by atoms with E-state index < -0.39 is 0 Å². The third-order valence-corrected chi connectivity index (χ3v) is 5.59. The molecule has 0 bridgehead atoms. The maximum absolute atomic E-state index is 12.7. The molecule has 0 amide bonds. The molecule has 0 aliphatic heterocycles. The number of aromatic nitrogens is 2. The van der Waals surface area contributed by atoms with Crippen LogP contribution in [0.3, 0.4) is 0 Å². The van der Waals surface area contributed by atoms with E-state index in [0.717, 1.165) is 15.3 Å². The van der Waals surface area contributed by atoms with E-state index in [4.69, 9.17) is 5.26 Å². The summed E-state index contributed by atoms with van der Waals surface area (Å²) in [6.07, 6.45) is 1.70. The number of hydrogen-bond acceptors (Lipinski definition) is 5. The van der Waals surface area contributed by atoms with Gasteiger partial charge < -0.3 is 0 Å². The van der Waals surface area contributed by atoms with Gasteiger partial charge in [-0.2, -0.15) is 5.26 Å². The topological polar surface area (TPSA) is 58.7 Å². The van der Waals surface area contributed by atoms with Gasteiger partial charge in [-0.1, -0.05) is 17.8 Å².